The summed E-state index contributed by atoms with van der Waals surface area (Å²) in [6, 6.07) is 2.97. The van der Waals surface area contributed by atoms with Crippen molar-refractivity contribution in [2.45, 2.75) is 19.1 Å². The Hall–Kier alpha value is -1.56. The average Bonchev–Trinajstić information content (AvgIpc) is 2.53. The SMILES string of the molecule is CNC(c1ccc2c(c1)nc(C)n2C)C(F)(F)F. The zero-order valence-electron chi connectivity index (χ0n) is 10.3. The van der Waals surface area contributed by atoms with E-state index in [1.807, 2.05) is 18.5 Å². The Morgan fingerprint density at radius 3 is 2.56 bits per heavy atom. The molecule has 0 amide bonds. The summed E-state index contributed by atoms with van der Waals surface area (Å²) in [6.07, 6.45) is -4.31. The molecule has 98 valence electrons. The van der Waals surface area contributed by atoms with Gasteiger partial charge in [-0.05, 0) is 31.7 Å². The molecule has 0 fully saturated rings. The molecule has 1 unspecified atom stereocenters. The van der Waals surface area contributed by atoms with Crippen LogP contribution in [0, 0.1) is 6.92 Å². The van der Waals surface area contributed by atoms with Gasteiger partial charge in [-0.25, -0.2) is 4.98 Å². The van der Waals surface area contributed by atoms with Crippen LogP contribution in [-0.4, -0.2) is 22.8 Å². The van der Waals surface area contributed by atoms with Crippen LogP contribution in [0.25, 0.3) is 11.0 Å². The second-order valence-corrected chi connectivity index (χ2v) is 4.23. The topological polar surface area (TPSA) is 29.9 Å². The molecule has 2 rings (SSSR count). The molecule has 1 N–H and O–H groups in total. The van der Waals surface area contributed by atoms with E-state index in [0.29, 0.717) is 5.52 Å². The van der Waals surface area contributed by atoms with E-state index in [2.05, 4.69) is 10.3 Å². The van der Waals surface area contributed by atoms with Gasteiger partial charge in [0.1, 0.15) is 11.9 Å². The van der Waals surface area contributed by atoms with Gasteiger partial charge in [-0.3, -0.25) is 0 Å². The van der Waals surface area contributed by atoms with Gasteiger partial charge in [0.2, 0.25) is 0 Å². The van der Waals surface area contributed by atoms with E-state index in [4.69, 9.17) is 0 Å². The van der Waals surface area contributed by atoms with Crippen molar-refractivity contribution in [3.63, 3.8) is 0 Å². The van der Waals surface area contributed by atoms with Gasteiger partial charge in [-0.15, -0.1) is 0 Å². The maximum absolute atomic E-state index is 12.8. The zero-order valence-corrected chi connectivity index (χ0v) is 10.3. The number of aryl methyl sites for hydroxylation is 2. The third-order valence-electron chi connectivity index (χ3n) is 3.08. The Labute approximate surface area is 103 Å². The molecule has 0 bridgehead atoms. The van der Waals surface area contributed by atoms with Crippen LogP contribution in [0.1, 0.15) is 17.4 Å². The highest BCUT2D eigenvalue weighted by Crippen LogP contribution is 2.33. The normalized spacial score (nSPS) is 14.1. The number of alkyl halides is 3. The molecule has 0 spiro atoms. The van der Waals surface area contributed by atoms with Crippen LogP contribution in [0.4, 0.5) is 13.2 Å². The molecule has 0 aliphatic carbocycles. The smallest absolute Gasteiger partial charge is 0.331 e. The molecule has 18 heavy (non-hydrogen) atoms. The van der Waals surface area contributed by atoms with Crippen molar-refractivity contribution in [1.29, 1.82) is 0 Å². The summed E-state index contributed by atoms with van der Waals surface area (Å²) in [5.74, 6) is 0.773. The Morgan fingerprint density at radius 1 is 1.33 bits per heavy atom. The van der Waals surface area contributed by atoms with Crippen LogP contribution >= 0.6 is 0 Å². The summed E-state index contributed by atoms with van der Waals surface area (Å²) in [4.78, 5) is 4.24. The molecule has 0 saturated heterocycles. The Kier molecular flexibility index (Phi) is 3.06. The number of halogens is 3. The summed E-state index contributed by atoms with van der Waals surface area (Å²) in [7, 11) is 3.13. The van der Waals surface area contributed by atoms with Gasteiger partial charge in [0.15, 0.2) is 0 Å². The van der Waals surface area contributed by atoms with Crippen molar-refractivity contribution in [3.05, 3.63) is 29.6 Å². The number of hydrogen-bond donors (Lipinski definition) is 1. The Balaban J connectivity index is 2.53. The van der Waals surface area contributed by atoms with Gasteiger partial charge in [0.05, 0.1) is 11.0 Å². The number of nitrogens with one attached hydrogen (secondary N) is 1. The molecule has 1 aromatic heterocycles. The molecule has 1 aromatic carbocycles. The summed E-state index contributed by atoms with van der Waals surface area (Å²) >= 11 is 0. The van der Waals surface area contributed by atoms with Gasteiger partial charge in [0.25, 0.3) is 0 Å². The zero-order chi connectivity index (χ0) is 13.5. The van der Waals surface area contributed by atoms with E-state index in [9.17, 15) is 13.2 Å². The molecular weight excluding hydrogens is 243 g/mol. The van der Waals surface area contributed by atoms with Crippen LogP contribution in [0.3, 0.4) is 0 Å². The summed E-state index contributed by atoms with van der Waals surface area (Å²) < 4.78 is 40.3. The number of imidazole rings is 1. The predicted octanol–water partition coefficient (Wildman–Crippen LogP) is 2.70. The average molecular weight is 257 g/mol. The molecule has 0 aliphatic rings. The highest BCUT2D eigenvalue weighted by Gasteiger charge is 2.39. The number of aromatic nitrogens is 2. The maximum atomic E-state index is 12.8. The van der Waals surface area contributed by atoms with E-state index < -0.39 is 12.2 Å². The van der Waals surface area contributed by atoms with Crippen LogP contribution < -0.4 is 5.32 Å². The van der Waals surface area contributed by atoms with Gasteiger partial charge in [0, 0.05) is 7.05 Å². The van der Waals surface area contributed by atoms with E-state index in [0.717, 1.165) is 11.3 Å². The minimum atomic E-state index is -4.31. The first-order valence-corrected chi connectivity index (χ1v) is 5.51. The largest absolute Gasteiger partial charge is 0.407 e. The van der Waals surface area contributed by atoms with Crippen molar-refractivity contribution in [3.8, 4) is 0 Å². The van der Waals surface area contributed by atoms with Gasteiger partial charge in [-0.2, -0.15) is 13.2 Å². The molecule has 1 heterocycles. The van der Waals surface area contributed by atoms with E-state index >= 15 is 0 Å². The summed E-state index contributed by atoms with van der Waals surface area (Å²) in [5.41, 5.74) is 1.58. The molecule has 0 aliphatic heterocycles. The second kappa shape index (κ2) is 4.28. The fourth-order valence-electron chi connectivity index (χ4n) is 2.04. The lowest BCUT2D eigenvalue weighted by Crippen LogP contribution is -2.31. The maximum Gasteiger partial charge on any atom is 0.407 e. The third-order valence-corrected chi connectivity index (χ3v) is 3.08. The van der Waals surface area contributed by atoms with E-state index in [1.54, 1.807) is 6.07 Å². The molecule has 0 saturated carbocycles. The number of hydrogen-bond acceptors (Lipinski definition) is 2. The summed E-state index contributed by atoms with van der Waals surface area (Å²) in [6.45, 7) is 1.82. The van der Waals surface area contributed by atoms with Crippen LogP contribution in [0.5, 0.6) is 0 Å². The molecule has 1 atom stereocenters. The predicted molar refractivity (Wildman–Crippen MR) is 63.3 cm³/mol. The number of benzene rings is 1. The lowest BCUT2D eigenvalue weighted by atomic mass is 10.1. The van der Waals surface area contributed by atoms with E-state index in [1.165, 1.54) is 19.2 Å². The monoisotopic (exact) mass is 257 g/mol. The fourth-order valence-corrected chi connectivity index (χ4v) is 2.04. The van der Waals surface area contributed by atoms with E-state index in [-0.39, 0.29) is 5.56 Å². The Morgan fingerprint density at radius 2 is 2.00 bits per heavy atom. The first-order valence-electron chi connectivity index (χ1n) is 5.51. The lowest BCUT2D eigenvalue weighted by Gasteiger charge is -2.19. The van der Waals surface area contributed by atoms with Crippen molar-refractivity contribution < 1.29 is 13.2 Å². The van der Waals surface area contributed by atoms with Crippen LogP contribution in [0.2, 0.25) is 0 Å². The first-order chi connectivity index (χ1) is 8.34. The standard InChI is InChI=1S/C12H14F3N3/c1-7-17-9-6-8(4-5-10(9)18(7)3)11(16-2)12(13,14)15/h4-6,11,16H,1-3H3. The molecule has 0 radical (unpaired) electrons. The molecule has 2 aromatic rings. The van der Waals surface area contributed by atoms with Gasteiger partial charge < -0.3 is 9.88 Å². The minimum absolute atomic E-state index is 0.176. The molecular formula is C12H14F3N3. The molecule has 3 nitrogen and oxygen atoms in total. The fraction of sp³-hybridized carbons (Fsp3) is 0.417. The summed E-state index contributed by atoms with van der Waals surface area (Å²) in [5, 5.41) is 2.28. The van der Waals surface area contributed by atoms with Gasteiger partial charge >= 0.3 is 6.18 Å². The van der Waals surface area contributed by atoms with Crippen molar-refractivity contribution in [2.75, 3.05) is 7.05 Å². The highest BCUT2D eigenvalue weighted by atomic mass is 19.4. The van der Waals surface area contributed by atoms with Crippen LogP contribution in [0.15, 0.2) is 18.2 Å². The minimum Gasteiger partial charge on any atom is -0.331 e. The van der Waals surface area contributed by atoms with Crippen molar-refractivity contribution >= 4 is 11.0 Å². The van der Waals surface area contributed by atoms with Crippen molar-refractivity contribution in [2.24, 2.45) is 7.05 Å². The Bertz CT molecular complexity index is 572. The van der Waals surface area contributed by atoms with Gasteiger partial charge in [-0.1, -0.05) is 6.07 Å². The number of rotatable bonds is 2. The molecule has 6 heteroatoms. The quantitative estimate of drug-likeness (QED) is 0.896. The second-order valence-electron chi connectivity index (χ2n) is 4.23. The highest BCUT2D eigenvalue weighted by molar-refractivity contribution is 5.77. The number of fused-ring (bicyclic) bond motifs is 1. The first kappa shape index (κ1) is 12.9. The van der Waals surface area contributed by atoms with Crippen LogP contribution in [-0.2, 0) is 7.05 Å². The number of nitrogens with zero attached hydrogens (tertiary/aromatic N) is 2. The lowest BCUT2D eigenvalue weighted by molar-refractivity contribution is -0.156. The third kappa shape index (κ3) is 2.08. The van der Waals surface area contributed by atoms with Crippen molar-refractivity contribution in [1.82, 2.24) is 14.9 Å².